The molecular formula is C12H7ClF2N2O4. The van der Waals surface area contributed by atoms with Crippen molar-refractivity contribution in [2.45, 2.75) is 6.61 Å². The molecule has 1 N–H and O–H groups in total. The van der Waals surface area contributed by atoms with Crippen LogP contribution in [0.25, 0.3) is 11.1 Å². The smallest absolute Gasteiger partial charge is 0.387 e. The van der Waals surface area contributed by atoms with E-state index >= 15 is 0 Å². The van der Waals surface area contributed by atoms with Gasteiger partial charge in [-0.2, -0.15) is 8.78 Å². The molecule has 0 atom stereocenters. The number of H-pyrrole nitrogens is 1. The monoisotopic (exact) mass is 316 g/mol. The zero-order valence-electron chi connectivity index (χ0n) is 10.2. The summed E-state index contributed by atoms with van der Waals surface area (Å²) in [7, 11) is 0. The Morgan fingerprint density at radius 3 is 2.57 bits per heavy atom. The topological polar surface area (TPSA) is 85.2 Å². The summed E-state index contributed by atoms with van der Waals surface area (Å²) in [5, 5.41) is 10.9. The van der Waals surface area contributed by atoms with Crippen LogP contribution < -0.4 is 10.3 Å². The number of aromatic amines is 1. The number of ether oxygens (including phenoxy) is 1. The van der Waals surface area contributed by atoms with Gasteiger partial charge < -0.3 is 9.72 Å². The summed E-state index contributed by atoms with van der Waals surface area (Å²) in [4.78, 5) is 23.8. The normalized spacial score (nSPS) is 10.7. The number of rotatable bonds is 4. The summed E-state index contributed by atoms with van der Waals surface area (Å²) in [6, 6.07) is 4.84. The van der Waals surface area contributed by atoms with Crippen molar-refractivity contribution in [3.63, 3.8) is 0 Å². The maximum atomic E-state index is 12.1. The first kappa shape index (κ1) is 14.9. The van der Waals surface area contributed by atoms with Gasteiger partial charge in [0.05, 0.1) is 15.5 Å². The van der Waals surface area contributed by atoms with E-state index in [9.17, 15) is 23.7 Å². The Labute approximate surface area is 121 Å². The number of halogens is 3. The number of nitrogens with one attached hydrogen (secondary N) is 1. The number of hydrogen-bond donors (Lipinski definition) is 1. The predicted octanol–water partition coefficient (Wildman–Crippen LogP) is 3.20. The van der Waals surface area contributed by atoms with Gasteiger partial charge in [-0.3, -0.25) is 14.9 Å². The number of nitro groups is 1. The van der Waals surface area contributed by atoms with E-state index in [4.69, 9.17) is 11.6 Å². The van der Waals surface area contributed by atoms with E-state index in [0.717, 1.165) is 6.07 Å². The number of nitrogens with zero attached hydrogens (tertiary/aromatic N) is 1. The molecule has 0 radical (unpaired) electrons. The molecule has 0 unspecified atom stereocenters. The van der Waals surface area contributed by atoms with Crippen LogP contribution in [-0.4, -0.2) is 16.5 Å². The zero-order chi connectivity index (χ0) is 15.6. The first-order valence-electron chi connectivity index (χ1n) is 5.51. The lowest BCUT2D eigenvalue weighted by Crippen LogP contribution is -2.12. The Bertz CT molecular complexity index is 748. The Morgan fingerprint density at radius 2 is 2.00 bits per heavy atom. The minimum atomic E-state index is -3.01. The third-order valence-corrected chi connectivity index (χ3v) is 2.89. The Morgan fingerprint density at radius 1 is 1.29 bits per heavy atom. The molecule has 1 aromatic heterocycles. The summed E-state index contributed by atoms with van der Waals surface area (Å²) in [5.74, 6) is -0.189. The Hall–Kier alpha value is -2.48. The second-order valence-electron chi connectivity index (χ2n) is 3.85. The molecule has 0 aliphatic heterocycles. The molecule has 110 valence electrons. The number of hydrogen-bond acceptors (Lipinski definition) is 4. The van der Waals surface area contributed by atoms with E-state index < -0.39 is 22.8 Å². The van der Waals surface area contributed by atoms with Crippen LogP contribution in [0.15, 0.2) is 35.3 Å². The van der Waals surface area contributed by atoms with Crippen LogP contribution in [0.1, 0.15) is 0 Å². The second kappa shape index (κ2) is 5.88. The fourth-order valence-electron chi connectivity index (χ4n) is 1.76. The molecule has 0 aliphatic rings. The van der Waals surface area contributed by atoms with E-state index in [1.165, 1.54) is 24.4 Å². The van der Waals surface area contributed by atoms with E-state index in [1.54, 1.807) is 0 Å². The fourth-order valence-corrected chi connectivity index (χ4v) is 2.03. The zero-order valence-corrected chi connectivity index (χ0v) is 10.9. The van der Waals surface area contributed by atoms with Gasteiger partial charge in [0.1, 0.15) is 5.75 Å². The van der Waals surface area contributed by atoms with Crippen molar-refractivity contribution >= 4 is 17.3 Å². The molecule has 9 heteroatoms. The lowest BCUT2D eigenvalue weighted by molar-refractivity contribution is -0.385. The van der Waals surface area contributed by atoms with Crippen molar-refractivity contribution in [1.82, 2.24) is 4.98 Å². The SMILES string of the molecule is O=c1[nH]ccc(-c2ccc(OC(F)F)cc2Cl)c1[N+](=O)[O-]. The first-order valence-corrected chi connectivity index (χ1v) is 5.88. The predicted molar refractivity (Wildman–Crippen MR) is 70.8 cm³/mol. The van der Waals surface area contributed by atoms with Crippen LogP contribution in [0.2, 0.25) is 5.02 Å². The van der Waals surface area contributed by atoms with Crippen LogP contribution in [0, 0.1) is 10.1 Å². The van der Waals surface area contributed by atoms with Crippen LogP contribution >= 0.6 is 11.6 Å². The molecule has 1 aromatic carbocycles. The summed E-state index contributed by atoms with van der Waals surface area (Å²) in [6.45, 7) is -3.01. The molecule has 0 bridgehead atoms. The summed E-state index contributed by atoms with van der Waals surface area (Å²) in [5.41, 5.74) is -1.42. The van der Waals surface area contributed by atoms with Crippen molar-refractivity contribution in [1.29, 1.82) is 0 Å². The van der Waals surface area contributed by atoms with Gasteiger partial charge in [0.15, 0.2) is 0 Å². The molecule has 0 amide bonds. The molecule has 2 rings (SSSR count). The summed E-state index contributed by atoms with van der Waals surface area (Å²) >= 11 is 5.92. The number of alkyl halides is 2. The van der Waals surface area contributed by atoms with Crippen LogP contribution in [0.5, 0.6) is 5.75 Å². The average Bonchev–Trinajstić information content (AvgIpc) is 2.37. The van der Waals surface area contributed by atoms with Crippen LogP contribution in [0.4, 0.5) is 14.5 Å². The van der Waals surface area contributed by atoms with E-state index in [2.05, 4.69) is 9.72 Å². The fraction of sp³-hybridized carbons (Fsp3) is 0.0833. The molecule has 21 heavy (non-hydrogen) atoms. The van der Waals surface area contributed by atoms with Crippen molar-refractivity contribution in [2.75, 3.05) is 0 Å². The van der Waals surface area contributed by atoms with Crippen molar-refractivity contribution in [2.24, 2.45) is 0 Å². The van der Waals surface area contributed by atoms with Gasteiger partial charge >= 0.3 is 17.9 Å². The van der Waals surface area contributed by atoms with Gasteiger partial charge in [0.2, 0.25) is 0 Å². The van der Waals surface area contributed by atoms with Crippen molar-refractivity contribution in [3.05, 3.63) is 56.0 Å². The van der Waals surface area contributed by atoms with Gasteiger partial charge in [-0.05, 0) is 24.3 Å². The van der Waals surface area contributed by atoms with Crippen LogP contribution in [0.3, 0.4) is 0 Å². The van der Waals surface area contributed by atoms with Gasteiger partial charge in [-0.25, -0.2) is 0 Å². The highest BCUT2D eigenvalue weighted by Gasteiger charge is 2.22. The average molecular weight is 317 g/mol. The molecule has 0 saturated heterocycles. The quantitative estimate of drug-likeness (QED) is 0.693. The molecule has 0 spiro atoms. The van der Waals surface area contributed by atoms with Gasteiger partial charge in [-0.1, -0.05) is 11.6 Å². The highest BCUT2D eigenvalue weighted by atomic mass is 35.5. The van der Waals surface area contributed by atoms with Gasteiger partial charge in [-0.15, -0.1) is 0 Å². The summed E-state index contributed by atoms with van der Waals surface area (Å²) in [6.07, 6.45) is 1.23. The first-order chi connectivity index (χ1) is 9.90. The second-order valence-corrected chi connectivity index (χ2v) is 4.25. The third kappa shape index (κ3) is 3.16. The van der Waals surface area contributed by atoms with Gasteiger partial charge in [0.25, 0.3) is 0 Å². The van der Waals surface area contributed by atoms with Crippen molar-refractivity contribution < 1.29 is 18.4 Å². The molecule has 0 aliphatic carbocycles. The Balaban J connectivity index is 2.56. The van der Waals surface area contributed by atoms with E-state index in [1.807, 2.05) is 0 Å². The lowest BCUT2D eigenvalue weighted by atomic mass is 10.1. The lowest BCUT2D eigenvalue weighted by Gasteiger charge is -2.08. The largest absolute Gasteiger partial charge is 0.435 e. The Kier molecular flexibility index (Phi) is 4.18. The van der Waals surface area contributed by atoms with E-state index in [0.29, 0.717) is 0 Å². The molecule has 1 heterocycles. The molecule has 2 aromatic rings. The molecular weight excluding hydrogens is 310 g/mol. The third-order valence-electron chi connectivity index (χ3n) is 2.57. The minimum Gasteiger partial charge on any atom is -0.435 e. The highest BCUT2D eigenvalue weighted by molar-refractivity contribution is 6.33. The minimum absolute atomic E-state index is 0.0163. The highest BCUT2D eigenvalue weighted by Crippen LogP contribution is 2.34. The van der Waals surface area contributed by atoms with Crippen molar-refractivity contribution in [3.8, 4) is 16.9 Å². The van der Waals surface area contributed by atoms with Crippen LogP contribution in [-0.2, 0) is 0 Å². The molecule has 0 saturated carbocycles. The standard InChI is InChI=1S/C12H7ClF2N2O4/c13-9-5-6(21-12(14)15)1-2-7(9)8-3-4-16-11(18)10(8)17(19)20/h1-5,12H,(H,16,18). The summed E-state index contributed by atoms with van der Waals surface area (Å²) < 4.78 is 28.4. The van der Waals surface area contributed by atoms with E-state index in [-0.39, 0.29) is 21.9 Å². The molecule has 6 nitrogen and oxygen atoms in total. The molecule has 0 fully saturated rings. The maximum absolute atomic E-state index is 12.1. The number of benzene rings is 1. The number of aromatic nitrogens is 1. The van der Waals surface area contributed by atoms with Gasteiger partial charge in [0, 0.05) is 11.8 Å². The number of pyridine rings is 1. The maximum Gasteiger partial charge on any atom is 0.387 e.